The highest BCUT2D eigenvalue weighted by molar-refractivity contribution is 5.98. The van der Waals surface area contributed by atoms with Gasteiger partial charge in [0.1, 0.15) is 18.1 Å². The molecule has 1 saturated heterocycles. The van der Waals surface area contributed by atoms with Crippen molar-refractivity contribution in [1.82, 2.24) is 4.90 Å². The number of rotatable bonds is 0. The van der Waals surface area contributed by atoms with Gasteiger partial charge in [0.05, 0.1) is 23.9 Å². The molecule has 5 aliphatic rings. The zero-order chi connectivity index (χ0) is 20.1. The molecule has 1 N–H and O–H groups in total. The number of anilines is 1. The fourth-order valence-corrected chi connectivity index (χ4v) is 6.99. The number of esters is 1. The molecule has 4 heterocycles. The number of benzene rings is 1. The molecule has 1 aliphatic carbocycles. The van der Waals surface area contributed by atoms with Gasteiger partial charge in [-0.2, -0.15) is 0 Å². The maximum atomic E-state index is 12.9. The second kappa shape index (κ2) is 5.53. The van der Waals surface area contributed by atoms with Gasteiger partial charge in [0.25, 0.3) is 0 Å². The van der Waals surface area contributed by atoms with Crippen molar-refractivity contribution < 1.29 is 24.2 Å². The molecule has 7 nitrogen and oxygen atoms in total. The van der Waals surface area contributed by atoms with E-state index < -0.39 is 0 Å². The summed E-state index contributed by atoms with van der Waals surface area (Å²) in [4.78, 5) is 29.6. The van der Waals surface area contributed by atoms with Crippen LogP contribution in [0.5, 0.6) is 5.75 Å². The summed E-state index contributed by atoms with van der Waals surface area (Å²) in [6, 6.07) is 5.62. The van der Waals surface area contributed by atoms with Gasteiger partial charge in [-0.25, -0.2) is 4.79 Å². The summed E-state index contributed by atoms with van der Waals surface area (Å²) in [5.74, 6) is 0.418. The Morgan fingerprint density at radius 1 is 1.31 bits per heavy atom. The molecule has 7 heteroatoms. The van der Waals surface area contributed by atoms with Crippen molar-refractivity contribution in [3.05, 3.63) is 35.1 Å². The topological polar surface area (TPSA) is 79.3 Å². The highest BCUT2D eigenvalue weighted by atomic mass is 16.6. The Kier molecular flexibility index (Phi) is 3.31. The highest BCUT2D eigenvalue weighted by Gasteiger charge is 2.68. The molecule has 0 unspecified atom stereocenters. The number of carbonyl (C=O) groups is 2. The highest BCUT2D eigenvalue weighted by Crippen LogP contribution is 2.63. The Balaban J connectivity index is 1.59. The first kappa shape index (κ1) is 17.3. The first-order valence-electron chi connectivity index (χ1n) is 10.3. The number of hydrogen-bond donors (Lipinski definition) is 1. The average Bonchev–Trinajstić information content (AvgIpc) is 3.33. The van der Waals surface area contributed by atoms with Crippen LogP contribution >= 0.6 is 0 Å². The number of hydrogen-bond acceptors (Lipinski definition) is 6. The summed E-state index contributed by atoms with van der Waals surface area (Å²) in [5.41, 5.74) is 2.09. The second-order valence-corrected chi connectivity index (χ2v) is 9.02. The van der Waals surface area contributed by atoms with Crippen molar-refractivity contribution in [2.24, 2.45) is 11.8 Å². The molecule has 1 spiro atoms. The van der Waals surface area contributed by atoms with Crippen molar-refractivity contribution >= 4 is 17.6 Å². The number of likely N-dealkylation sites (N-methyl/N-ethyl adjacent to an activating group) is 1. The quantitative estimate of drug-likeness (QED) is 0.671. The number of nitrogens with zero attached hydrogens (tertiary/aromatic N) is 2. The minimum Gasteiger partial charge on any atom is -0.506 e. The molecule has 1 amide bonds. The molecule has 152 valence electrons. The average molecular weight is 396 g/mol. The molecule has 1 saturated carbocycles. The Hall–Kier alpha value is -2.54. The lowest BCUT2D eigenvalue weighted by Gasteiger charge is -2.53. The van der Waals surface area contributed by atoms with Gasteiger partial charge in [-0.15, -0.1) is 0 Å². The minimum absolute atomic E-state index is 0.00395. The first-order valence-corrected chi connectivity index (χ1v) is 10.3. The molecule has 6 rings (SSSR count). The second-order valence-electron chi connectivity index (χ2n) is 9.02. The molecule has 0 radical (unpaired) electrons. The van der Waals surface area contributed by atoms with Crippen molar-refractivity contribution in [3.63, 3.8) is 0 Å². The molecule has 2 fully saturated rings. The van der Waals surface area contributed by atoms with E-state index in [4.69, 9.17) is 9.47 Å². The fourth-order valence-electron chi connectivity index (χ4n) is 6.99. The smallest absolute Gasteiger partial charge is 0.338 e. The van der Waals surface area contributed by atoms with Crippen LogP contribution in [0.3, 0.4) is 0 Å². The molecular formula is C22H24N2O5. The van der Waals surface area contributed by atoms with Crippen molar-refractivity contribution in [2.45, 2.75) is 37.3 Å². The summed E-state index contributed by atoms with van der Waals surface area (Å²) in [6.07, 6.45) is 1.74. The van der Waals surface area contributed by atoms with E-state index >= 15 is 0 Å². The lowest BCUT2D eigenvalue weighted by molar-refractivity contribution is -0.136. The first-order chi connectivity index (χ1) is 13.9. The predicted octanol–water partition coefficient (Wildman–Crippen LogP) is 1.55. The van der Waals surface area contributed by atoms with Crippen LogP contribution in [0.1, 0.15) is 25.3 Å². The third-order valence-electron chi connectivity index (χ3n) is 7.98. The normalized spacial score (nSPS) is 37.3. The molecule has 29 heavy (non-hydrogen) atoms. The van der Waals surface area contributed by atoms with E-state index in [-0.39, 0.29) is 53.6 Å². The number of para-hydroxylation sites is 1. The van der Waals surface area contributed by atoms with Crippen LogP contribution in [0.4, 0.5) is 5.69 Å². The van der Waals surface area contributed by atoms with Crippen LogP contribution in [0.15, 0.2) is 29.5 Å². The molecular weight excluding hydrogens is 372 g/mol. The van der Waals surface area contributed by atoms with Crippen LogP contribution in [0.25, 0.3) is 0 Å². The van der Waals surface area contributed by atoms with Gasteiger partial charge in [0, 0.05) is 30.2 Å². The molecule has 1 aromatic carbocycles. The number of carbonyl (C=O) groups excluding carboxylic acids is 2. The van der Waals surface area contributed by atoms with E-state index in [0.717, 1.165) is 24.9 Å². The molecule has 5 atom stereocenters. The maximum Gasteiger partial charge on any atom is 0.338 e. The Morgan fingerprint density at radius 3 is 2.93 bits per heavy atom. The minimum atomic E-state index is -0.282. The van der Waals surface area contributed by atoms with Gasteiger partial charge in [0.15, 0.2) is 0 Å². The van der Waals surface area contributed by atoms with E-state index in [1.807, 2.05) is 6.07 Å². The number of ether oxygens (including phenoxy) is 2. The molecule has 0 bridgehead atoms. The fraction of sp³-hybridized carbons (Fsp3) is 0.545. The summed E-state index contributed by atoms with van der Waals surface area (Å²) < 4.78 is 11.3. The van der Waals surface area contributed by atoms with Gasteiger partial charge in [-0.3, -0.25) is 4.79 Å². The van der Waals surface area contributed by atoms with Gasteiger partial charge < -0.3 is 24.4 Å². The van der Waals surface area contributed by atoms with Crippen molar-refractivity contribution in [2.75, 3.05) is 31.7 Å². The van der Waals surface area contributed by atoms with Gasteiger partial charge in [-0.05, 0) is 38.1 Å². The van der Waals surface area contributed by atoms with Crippen LogP contribution in [0.2, 0.25) is 0 Å². The third-order valence-corrected chi connectivity index (χ3v) is 7.98. The maximum absolute atomic E-state index is 12.9. The monoisotopic (exact) mass is 396 g/mol. The van der Waals surface area contributed by atoms with Gasteiger partial charge in [-0.1, -0.05) is 12.1 Å². The lowest BCUT2D eigenvalue weighted by Crippen LogP contribution is -2.63. The van der Waals surface area contributed by atoms with Gasteiger partial charge >= 0.3 is 5.97 Å². The van der Waals surface area contributed by atoms with E-state index in [0.29, 0.717) is 23.6 Å². The Labute approximate surface area is 168 Å². The zero-order valence-corrected chi connectivity index (χ0v) is 16.6. The molecule has 1 aromatic rings. The van der Waals surface area contributed by atoms with Crippen LogP contribution in [-0.4, -0.2) is 60.8 Å². The van der Waals surface area contributed by atoms with E-state index in [1.165, 1.54) is 0 Å². The van der Waals surface area contributed by atoms with Crippen LogP contribution < -0.4 is 4.90 Å². The molecule has 4 aliphatic heterocycles. The third kappa shape index (κ3) is 1.92. The van der Waals surface area contributed by atoms with E-state index in [1.54, 1.807) is 17.9 Å². The number of cyclic esters (lactones) is 1. The number of phenols is 1. The number of likely N-dealkylation sites (tertiary alicyclic amines) is 1. The number of phenolic OH excluding ortho intramolecular Hbond substituents is 1. The number of aromatic hydroxyl groups is 1. The summed E-state index contributed by atoms with van der Waals surface area (Å²) in [5, 5.41) is 10.7. The van der Waals surface area contributed by atoms with Crippen molar-refractivity contribution in [3.8, 4) is 5.75 Å². The largest absolute Gasteiger partial charge is 0.506 e. The van der Waals surface area contributed by atoms with Crippen LogP contribution in [-0.2, 0) is 24.5 Å². The SMILES string of the molecule is CC(=O)N1c2c(O)cccc2[C@]23CCN(C)[C@H]2C[C@H]2C4=C(COC4=O)OC[C@H]2[C@H]13. The lowest BCUT2D eigenvalue weighted by atomic mass is 9.56. The van der Waals surface area contributed by atoms with Crippen molar-refractivity contribution in [1.29, 1.82) is 0 Å². The summed E-state index contributed by atoms with van der Waals surface area (Å²) >= 11 is 0. The number of fused-ring (bicyclic) bond motifs is 4. The zero-order valence-electron chi connectivity index (χ0n) is 16.6. The molecule has 0 aromatic heterocycles. The van der Waals surface area contributed by atoms with E-state index in [9.17, 15) is 14.7 Å². The predicted molar refractivity (Wildman–Crippen MR) is 103 cm³/mol. The Bertz CT molecular complexity index is 987. The van der Waals surface area contributed by atoms with E-state index in [2.05, 4.69) is 18.0 Å². The summed E-state index contributed by atoms with van der Waals surface area (Å²) in [6.45, 7) is 3.15. The van der Waals surface area contributed by atoms with Crippen LogP contribution in [0, 0.1) is 11.8 Å². The summed E-state index contributed by atoms with van der Waals surface area (Å²) in [7, 11) is 2.12. The Morgan fingerprint density at radius 2 is 2.14 bits per heavy atom. The van der Waals surface area contributed by atoms with Gasteiger partial charge in [0.2, 0.25) is 5.91 Å². The standard InChI is InChI=1S/C22H24N2O5/c1-11(25)24-19-14(4-3-5-15(19)26)22-6-7-23(2)17(22)8-12-13(20(22)24)9-28-16-10-29-21(27)18(12)16/h3-5,12-13,17,20,26H,6-10H2,1-2H3/t12-,13-,17+,20+,22-/m1/s1. The number of amides is 1.